The molecule has 7 nitrogen and oxygen atoms in total. The molecule has 0 bridgehead atoms. The minimum Gasteiger partial charge on any atom is -0.497 e. The van der Waals surface area contributed by atoms with Crippen LogP contribution in [-0.4, -0.2) is 34.4 Å². The average Bonchev–Trinajstić information content (AvgIpc) is 3.21. The molecule has 0 amide bonds. The second-order valence-electron chi connectivity index (χ2n) is 6.01. The Kier molecular flexibility index (Phi) is 5.12. The van der Waals surface area contributed by atoms with E-state index in [2.05, 4.69) is 15.2 Å². The van der Waals surface area contributed by atoms with Gasteiger partial charge >= 0.3 is 0 Å². The number of aromatic nitrogens is 4. The summed E-state index contributed by atoms with van der Waals surface area (Å²) in [6.07, 6.45) is 0. The maximum atomic E-state index is 5.80. The van der Waals surface area contributed by atoms with Crippen LogP contribution in [0.15, 0.2) is 52.1 Å². The fourth-order valence-electron chi connectivity index (χ4n) is 2.71. The number of para-hydroxylation sites is 2. The van der Waals surface area contributed by atoms with Gasteiger partial charge in [-0.05, 0) is 31.2 Å². The summed E-state index contributed by atoms with van der Waals surface area (Å²) in [7, 11) is 3.20. The smallest absolute Gasteiger partial charge is 0.277 e. The molecule has 0 atom stereocenters. The van der Waals surface area contributed by atoms with Gasteiger partial charge in [-0.2, -0.15) is 0 Å². The molecule has 0 aliphatic heterocycles. The molecular weight excluding hydrogens is 376 g/mol. The molecule has 4 rings (SSSR count). The van der Waals surface area contributed by atoms with Crippen molar-refractivity contribution in [2.24, 2.45) is 0 Å². The highest BCUT2D eigenvalue weighted by atomic mass is 32.2. The number of aryl methyl sites for hydroxylation is 1. The third-order valence-corrected chi connectivity index (χ3v) is 5.01. The van der Waals surface area contributed by atoms with Crippen LogP contribution in [0.3, 0.4) is 0 Å². The van der Waals surface area contributed by atoms with Gasteiger partial charge in [0.05, 0.1) is 36.6 Å². The van der Waals surface area contributed by atoms with Crippen molar-refractivity contribution in [2.75, 3.05) is 14.2 Å². The first-order chi connectivity index (χ1) is 13.7. The molecule has 0 radical (unpaired) electrons. The topological polar surface area (TPSA) is 83.2 Å². The van der Waals surface area contributed by atoms with Crippen molar-refractivity contribution < 1.29 is 13.9 Å². The number of hydrogen-bond donors (Lipinski definition) is 0. The second-order valence-corrected chi connectivity index (χ2v) is 6.93. The zero-order chi connectivity index (χ0) is 19.5. The lowest BCUT2D eigenvalue weighted by molar-refractivity contribution is 0.394. The van der Waals surface area contributed by atoms with E-state index in [4.69, 9.17) is 18.9 Å². The molecule has 0 fully saturated rings. The Morgan fingerprint density at radius 2 is 1.61 bits per heavy atom. The van der Waals surface area contributed by atoms with Crippen molar-refractivity contribution in [3.8, 4) is 23.0 Å². The monoisotopic (exact) mass is 394 g/mol. The van der Waals surface area contributed by atoms with Gasteiger partial charge < -0.3 is 13.9 Å². The van der Waals surface area contributed by atoms with Gasteiger partial charge in [-0.25, -0.2) is 9.97 Å². The van der Waals surface area contributed by atoms with Gasteiger partial charge in [0.15, 0.2) is 0 Å². The summed E-state index contributed by atoms with van der Waals surface area (Å²) >= 11 is 1.43. The third-order valence-electron chi connectivity index (χ3n) is 4.18. The Labute approximate surface area is 166 Å². The molecule has 28 heavy (non-hydrogen) atoms. The third kappa shape index (κ3) is 3.77. The Balaban J connectivity index is 1.54. The summed E-state index contributed by atoms with van der Waals surface area (Å²) in [5.41, 5.74) is 4.28. The van der Waals surface area contributed by atoms with Crippen LogP contribution >= 0.6 is 11.8 Å². The van der Waals surface area contributed by atoms with E-state index in [0.717, 1.165) is 28.0 Å². The highest BCUT2D eigenvalue weighted by Crippen LogP contribution is 2.31. The number of methoxy groups -OCH3 is 2. The first-order valence-corrected chi connectivity index (χ1v) is 9.57. The number of hydrogen-bond acceptors (Lipinski definition) is 8. The number of ether oxygens (including phenoxy) is 2. The van der Waals surface area contributed by atoms with E-state index in [0.29, 0.717) is 28.4 Å². The molecular formula is C20H18N4O3S. The molecule has 2 aromatic heterocycles. The first kappa shape index (κ1) is 18.2. The van der Waals surface area contributed by atoms with Crippen LogP contribution in [0.4, 0.5) is 0 Å². The number of fused-ring (bicyclic) bond motifs is 1. The standard InChI is InChI=1S/C20H18N4O3S/c1-12-18(22-17-7-5-4-6-16(17)21-12)11-28-20-24-23-19(27-20)13-8-14(25-2)10-15(9-13)26-3/h4-10H,11H2,1-3H3. The van der Waals surface area contributed by atoms with Crippen molar-refractivity contribution in [1.82, 2.24) is 20.2 Å². The number of rotatable bonds is 6. The molecule has 0 aliphatic carbocycles. The minimum absolute atomic E-state index is 0.404. The van der Waals surface area contributed by atoms with Gasteiger partial charge in [-0.1, -0.05) is 23.9 Å². The normalized spacial score (nSPS) is 11.0. The molecule has 0 spiro atoms. The van der Waals surface area contributed by atoms with Crippen molar-refractivity contribution in [3.05, 3.63) is 53.9 Å². The van der Waals surface area contributed by atoms with Gasteiger partial charge in [-0.3, -0.25) is 0 Å². The molecule has 0 N–H and O–H groups in total. The van der Waals surface area contributed by atoms with Crippen molar-refractivity contribution in [1.29, 1.82) is 0 Å². The first-order valence-electron chi connectivity index (χ1n) is 8.58. The molecule has 2 aromatic carbocycles. The van der Waals surface area contributed by atoms with Gasteiger partial charge in [0.1, 0.15) is 11.5 Å². The lowest BCUT2D eigenvalue weighted by Crippen LogP contribution is -1.96. The molecule has 0 saturated carbocycles. The SMILES string of the molecule is COc1cc(OC)cc(-c2nnc(SCc3nc4ccccc4nc3C)o2)c1. The summed E-state index contributed by atoms with van der Waals surface area (Å²) < 4.78 is 16.4. The van der Waals surface area contributed by atoms with Crippen LogP contribution in [0.5, 0.6) is 11.5 Å². The van der Waals surface area contributed by atoms with Crippen molar-refractivity contribution >= 4 is 22.8 Å². The van der Waals surface area contributed by atoms with Gasteiger partial charge in [0.25, 0.3) is 5.22 Å². The Hall–Kier alpha value is -3.13. The van der Waals surface area contributed by atoms with Crippen LogP contribution < -0.4 is 9.47 Å². The lowest BCUT2D eigenvalue weighted by atomic mass is 10.2. The molecule has 2 heterocycles. The summed E-state index contributed by atoms with van der Waals surface area (Å²) in [6, 6.07) is 13.3. The zero-order valence-corrected chi connectivity index (χ0v) is 16.5. The zero-order valence-electron chi connectivity index (χ0n) is 15.7. The maximum absolute atomic E-state index is 5.80. The lowest BCUT2D eigenvalue weighted by Gasteiger charge is -2.06. The summed E-state index contributed by atoms with van der Waals surface area (Å²) in [4.78, 5) is 9.30. The summed E-state index contributed by atoms with van der Waals surface area (Å²) in [5.74, 6) is 2.31. The summed E-state index contributed by atoms with van der Waals surface area (Å²) in [5, 5.41) is 8.73. The van der Waals surface area contributed by atoms with Crippen molar-refractivity contribution in [3.63, 3.8) is 0 Å². The largest absolute Gasteiger partial charge is 0.497 e. The van der Waals surface area contributed by atoms with E-state index in [-0.39, 0.29) is 0 Å². The van der Waals surface area contributed by atoms with Crippen LogP contribution in [0.25, 0.3) is 22.5 Å². The van der Waals surface area contributed by atoms with Crippen molar-refractivity contribution in [2.45, 2.75) is 17.9 Å². The number of benzene rings is 2. The highest BCUT2D eigenvalue weighted by molar-refractivity contribution is 7.98. The van der Waals surface area contributed by atoms with E-state index in [9.17, 15) is 0 Å². The number of thioether (sulfide) groups is 1. The van der Waals surface area contributed by atoms with E-state index >= 15 is 0 Å². The van der Waals surface area contributed by atoms with E-state index < -0.39 is 0 Å². The molecule has 142 valence electrons. The molecule has 0 unspecified atom stereocenters. The van der Waals surface area contributed by atoms with Crippen LogP contribution in [0.1, 0.15) is 11.4 Å². The maximum Gasteiger partial charge on any atom is 0.277 e. The van der Waals surface area contributed by atoms with Crippen LogP contribution in [0.2, 0.25) is 0 Å². The quantitative estimate of drug-likeness (QED) is 0.448. The average molecular weight is 394 g/mol. The predicted octanol–water partition coefficient (Wildman–Crippen LogP) is 4.30. The van der Waals surface area contributed by atoms with E-state index in [1.54, 1.807) is 20.3 Å². The fraction of sp³-hybridized carbons (Fsp3) is 0.200. The molecule has 8 heteroatoms. The van der Waals surface area contributed by atoms with Crippen LogP contribution in [0, 0.1) is 6.92 Å². The number of nitrogens with zero attached hydrogens (tertiary/aromatic N) is 4. The van der Waals surface area contributed by atoms with Crippen LogP contribution in [-0.2, 0) is 5.75 Å². The Morgan fingerprint density at radius 1 is 0.929 bits per heavy atom. The Morgan fingerprint density at radius 3 is 2.29 bits per heavy atom. The highest BCUT2D eigenvalue weighted by Gasteiger charge is 2.13. The predicted molar refractivity (Wildman–Crippen MR) is 107 cm³/mol. The minimum atomic E-state index is 0.404. The molecule has 0 saturated heterocycles. The van der Waals surface area contributed by atoms with Gasteiger partial charge in [0, 0.05) is 17.4 Å². The Bertz CT molecular complexity index is 1110. The second kappa shape index (κ2) is 7.85. The molecule has 0 aliphatic rings. The van der Waals surface area contributed by atoms with Gasteiger partial charge in [0.2, 0.25) is 5.89 Å². The van der Waals surface area contributed by atoms with E-state index in [1.165, 1.54) is 11.8 Å². The van der Waals surface area contributed by atoms with Gasteiger partial charge in [-0.15, -0.1) is 10.2 Å². The fourth-order valence-corrected chi connectivity index (χ4v) is 3.48. The summed E-state index contributed by atoms with van der Waals surface area (Å²) in [6.45, 7) is 1.96. The van der Waals surface area contributed by atoms with E-state index in [1.807, 2.05) is 43.3 Å². The molecule has 4 aromatic rings.